The van der Waals surface area contributed by atoms with Crippen molar-refractivity contribution in [2.75, 3.05) is 38.7 Å². The Bertz CT molecular complexity index is 1260. The van der Waals surface area contributed by atoms with Crippen LogP contribution in [0.5, 0.6) is 5.75 Å². The minimum absolute atomic E-state index is 0. The predicted molar refractivity (Wildman–Crippen MR) is 139 cm³/mol. The Morgan fingerprint density at radius 1 is 1.12 bits per heavy atom. The van der Waals surface area contributed by atoms with E-state index >= 15 is 0 Å². The Hall–Kier alpha value is -2.61. The first-order valence-corrected chi connectivity index (χ1v) is 11.9. The van der Waals surface area contributed by atoms with Gasteiger partial charge in [-0.25, -0.2) is 4.98 Å². The number of piperidine rings is 1. The second kappa shape index (κ2) is 10.1. The highest BCUT2D eigenvalue weighted by molar-refractivity contribution is 7.22. The van der Waals surface area contributed by atoms with Crippen LogP contribution >= 0.6 is 23.7 Å². The summed E-state index contributed by atoms with van der Waals surface area (Å²) in [6.45, 7) is 3.60. The van der Waals surface area contributed by atoms with Crippen LogP contribution in [0.15, 0.2) is 59.5 Å². The molecule has 1 aliphatic rings. The lowest BCUT2D eigenvalue weighted by molar-refractivity contribution is 0.204. The number of anilines is 1. The molecular weight excluding hydrogens is 456 g/mol. The molecule has 0 bridgehead atoms. The summed E-state index contributed by atoms with van der Waals surface area (Å²) in [4.78, 5) is 21.7. The number of likely N-dealkylation sites (tertiary alicyclic amines) is 1. The third kappa shape index (κ3) is 4.86. The average molecular weight is 485 g/mol. The quantitative estimate of drug-likeness (QED) is 0.399. The van der Waals surface area contributed by atoms with Crippen molar-refractivity contribution in [1.82, 2.24) is 14.5 Å². The van der Waals surface area contributed by atoms with E-state index in [1.54, 1.807) is 7.11 Å². The zero-order chi connectivity index (χ0) is 22.1. The second-order valence-corrected chi connectivity index (χ2v) is 9.47. The molecule has 33 heavy (non-hydrogen) atoms. The number of hydrogen-bond donors (Lipinski definition) is 0. The Labute approximate surface area is 203 Å². The lowest BCUT2D eigenvalue weighted by Gasteiger charge is -2.37. The van der Waals surface area contributed by atoms with Gasteiger partial charge in [-0.2, -0.15) is 0 Å². The van der Waals surface area contributed by atoms with Gasteiger partial charge in [-0.1, -0.05) is 18.2 Å². The second-order valence-electron chi connectivity index (χ2n) is 8.41. The van der Waals surface area contributed by atoms with Gasteiger partial charge in [-0.3, -0.25) is 4.79 Å². The van der Waals surface area contributed by atoms with E-state index < -0.39 is 0 Å². The number of benzene rings is 2. The van der Waals surface area contributed by atoms with Gasteiger partial charge in [0.25, 0.3) is 5.56 Å². The molecule has 2 aromatic heterocycles. The molecule has 0 amide bonds. The van der Waals surface area contributed by atoms with Gasteiger partial charge in [0.15, 0.2) is 0 Å². The Morgan fingerprint density at radius 2 is 1.91 bits per heavy atom. The predicted octanol–water partition coefficient (Wildman–Crippen LogP) is 4.64. The average Bonchev–Trinajstić information content (AvgIpc) is 3.27. The van der Waals surface area contributed by atoms with Crippen molar-refractivity contribution >= 4 is 49.9 Å². The molecule has 0 aliphatic carbocycles. The van der Waals surface area contributed by atoms with Crippen LogP contribution in [0.4, 0.5) is 5.00 Å². The summed E-state index contributed by atoms with van der Waals surface area (Å²) in [5, 5.41) is 2.66. The number of hydrogen-bond acceptors (Lipinski definition) is 6. The molecule has 0 unspecified atom stereocenters. The number of thiophene rings is 1. The zero-order valence-corrected chi connectivity index (χ0v) is 20.6. The van der Waals surface area contributed by atoms with E-state index in [-0.39, 0.29) is 18.0 Å². The van der Waals surface area contributed by atoms with Crippen LogP contribution in [-0.2, 0) is 6.54 Å². The van der Waals surface area contributed by atoms with E-state index in [0.29, 0.717) is 12.6 Å². The molecule has 0 spiro atoms. The number of rotatable bonds is 6. The largest absolute Gasteiger partial charge is 0.497 e. The number of aromatic nitrogens is 2. The van der Waals surface area contributed by atoms with Crippen molar-refractivity contribution in [3.05, 3.63) is 65.1 Å². The topological polar surface area (TPSA) is 50.6 Å². The maximum absolute atomic E-state index is 12.5. The van der Waals surface area contributed by atoms with Gasteiger partial charge in [-0.15, -0.1) is 23.7 Å². The first kappa shape index (κ1) is 23.5. The van der Waals surface area contributed by atoms with Crippen LogP contribution in [-0.4, -0.2) is 54.3 Å². The highest BCUT2D eigenvalue weighted by Gasteiger charge is 2.23. The molecule has 174 valence electrons. The molecule has 1 saturated heterocycles. The van der Waals surface area contributed by atoms with Crippen LogP contribution in [0.25, 0.3) is 21.1 Å². The molecule has 1 aliphatic heterocycles. The van der Waals surface area contributed by atoms with Crippen LogP contribution in [0.2, 0.25) is 0 Å². The number of ether oxygens (including phenoxy) is 1. The summed E-state index contributed by atoms with van der Waals surface area (Å²) < 4.78 is 8.51. The summed E-state index contributed by atoms with van der Waals surface area (Å²) in [7, 11) is 3.86. The lowest BCUT2D eigenvalue weighted by atomic mass is 10.0. The monoisotopic (exact) mass is 484 g/mol. The molecule has 0 saturated carbocycles. The van der Waals surface area contributed by atoms with Crippen LogP contribution < -0.4 is 15.2 Å². The number of fused-ring (bicyclic) bond motifs is 2. The molecule has 4 aromatic rings. The van der Waals surface area contributed by atoms with E-state index in [2.05, 4.69) is 52.2 Å². The van der Waals surface area contributed by atoms with Gasteiger partial charge in [0.05, 0.1) is 29.3 Å². The van der Waals surface area contributed by atoms with E-state index in [9.17, 15) is 4.79 Å². The van der Waals surface area contributed by atoms with Crippen molar-refractivity contribution < 1.29 is 4.74 Å². The van der Waals surface area contributed by atoms with Crippen LogP contribution in [0.3, 0.4) is 0 Å². The van der Waals surface area contributed by atoms with E-state index in [1.165, 1.54) is 21.3 Å². The smallest absolute Gasteiger partial charge is 0.269 e. The fraction of sp³-hybridized carbons (Fsp3) is 0.360. The molecule has 2 aromatic carbocycles. The Morgan fingerprint density at radius 3 is 2.67 bits per heavy atom. The summed E-state index contributed by atoms with van der Waals surface area (Å²) in [6, 6.07) is 17.1. The number of nitrogens with zero attached hydrogens (tertiary/aromatic N) is 4. The van der Waals surface area contributed by atoms with Gasteiger partial charge < -0.3 is 19.1 Å². The molecule has 8 heteroatoms. The molecular formula is C25H29ClN4O2S. The first-order valence-electron chi connectivity index (χ1n) is 11.1. The fourth-order valence-corrected chi connectivity index (χ4v) is 5.69. The van der Waals surface area contributed by atoms with E-state index in [4.69, 9.17) is 4.74 Å². The molecule has 3 heterocycles. The lowest BCUT2D eigenvalue weighted by Crippen LogP contribution is -2.44. The van der Waals surface area contributed by atoms with Crippen molar-refractivity contribution in [2.45, 2.75) is 25.4 Å². The van der Waals surface area contributed by atoms with Crippen molar-refractivity contribution in [2.24, 2.45) is 0 Å². The van der Waals surface area contributed by atoms with Crippen molar-refractivity contribution in [1.29, 1.82) is 0 Å². The van der Waals surface area contributed by atoms with Gasteiger partial charge in [0, 0.05) is 50.0 Å². The minimum Gasteiger partial charge on any atom is -0.497 e. The van der Waals surface area contributed by atoms with Crippen LogP contribution in [0.1, 0.15) is 12.8 Å². The van der Waals surface area contributed by atoms with Gasteiger partial charge >= 0.3 is 0 Å². The summed E-state index contributed by atoms with van der Waals surface area (Å²) in [5.41, 5.74) is 1.58. The summed E-state index contributed by atoms with van der Waals surface area (Å²) in [6.07, 6.45) is 3.68. The first-order chi connectivity index (χ1) is 15.6. The highest BCUT2D eigenvalue weighted by Crippen LogP contribution is 2.34. The molecule has 0 N–H and O–H groups in total. The number of methoxy groups -OCH3 is 1. The summed E-state index contributed by atoms with van der Waals surface area (Å²) in [5.74, 6) is 0.740. The molecule has 6 nitrogen and oxygen atoms in total. The third-order valence-corrected chi connectivity index (χ3v) is 7.76. The highest BCUT2D eigenvalue weighted by atomic mass is 35.5. The van der Waals surface area contributed by atoms with Crippen LogP contribution in [0, 0.1) is 0 Å². The van der Waals surface area contributed by atoms with E-state index in [1.807, 2.05) is 34.1 Å². The fourth-order valence-electron chi connectivity index (χ4n) is 4.59. The molecule has 0 atom stereocenters. The Balaban J connectivity index is 0.00000259. The van der Waals surface area contributed by atoms with Gasteiger partial charge in [0.2, 0.25) is 0 Å². The molecule has 0 radical (unpaired) electrons. The maximum Gasteiger partial charge on any atom is 0.269 e. The minimum atomic E-state index is -0.0647. The molecule has 5 rings (SSSR count). The normalized spacial score (nSPS) is 15.0. The Kier molecular flexibility index (Phi) is 7.22. The molecule has 1 fully saturated rings. The van der Waals surface area contributed by atoms with Crippen molar-refractivity contribution in [3.8, 4) is 5.75 Å². The third-order valence-electron chi connectivity index (χ3n) is 6.56. The van der Waals surface area contributed by atoms with Gasteiger partial charge in [0.1, 0.15) is 5.75 Å². The number of halogens is 1. The van der Waals surface area contributed by atoms with Crippen molar-refractivity contribution in [3.63, 3.8) is 0 Å². The maximum atomic E-state index is 12.5. The SMILES string of the molecule is COc1ccc2ncc(=O)n(CCN3CCC(N(C)c4cc5ccccc5s4)CC3)c2c1.Cl. The standard InChI is InChI=1S/C25H28N4O2S.ClH/c1-27(25-15-18-5-3-4-6-23(18)32-25)19-9-11-28(12-10-19)13-14-29-22-16-20(31-2)7-8-21(22)26-17-24(29)30;/h3-8,15-17,19H,9-14H2,1-2H3;1H. The zero-order valence-electron chi connectivity index (χ0n) is 18.9. The van der Waals surface area contributed by atoms with E-state index in [0.717, 1.165) is 49.3 Å². The summed E-state index contributed by atoms with van der Waals surface area (Å²) >= 11 is 1.87. The van der Waals surface area contributed by atoms with Gasteiger partial charge in [-0.05, 0) is 42.5 Å².